The van der Waals surface area contributed by atoms with E-state index in [1.165, 1.54) is 0 Å². The molecule has 0 bridgehead atoms. The average Bonchev–Trinajstić information content (AvgIpc) is 3.82. The number of thiazole rings is 1. The van der Waals surface area contributed by atoms with E-state index in [4.69, 9.17) is 21.6 Å². The number of anilines is 2. The molecule has 3 aromatic heterocycles. The van der Waals surface area contributed by atoms with Crippen molar-refractivity contribution in [2.75, 3.05) is 38.0 Å². The number of aromatic nitrogens is 3. The lowest BCUT2D eigenvalue weighted by Gasteiger charge is -2.36. The third kappa shape index (κ3) is 6.33. The molecule has 5 aromatic rings. The molecule has 3 aliphatic rings. The van der Waals surface area contributed by atoms with Crippen molar-refractivity contribution in [3.8, 4) is 21.7 Å². The largest absolute Gasteiger partial charge is 0.481 e. The number of likely N-dealkylation sites (tertiary alicyclic amines) is 2. The first-order valence-electron chi connectivity index (χ1n) is 16.7. The molecule has 11 nitrogen and oxygen atoms in total. The Morgan fingerprint density at radius 2 is 1.82 bits per heavy atom. The molecule has 0 aliphatic carbocycles. The molecule has 0 saturated carbocycles. The Bertz CT molecular complexity index is 2110. The molecule has 13 heteroatoms. The Morgan fingerprint density at radius 3 is 2.60 bits per heavy atom. The van der Waals surface area contributed by atoms with Gasteiger partial charge in [0.1, 0.15) is 10.5 Å². The van der Waals surface area contributed by atoms with Crippen LogP contribution in [0.4, 0.5) is 11.5 Å². The predicted octanol–water partition coefficient (Wildman–Crippen LogP) is 5.55. The summed E-state index contributed by atoms with van der Waals surface area (Å²) >= 11 is 8.74. The molecule has 8 rings (SSSR count). The molecule has 3 N–H and O–H groups in total. The number of aliphatic carboxylic acids is 1. The summed E-state index contributed by atoms with van der Waals surface area (Å²) in [7, 11) is 0. The van der Waals surface area contributed by atoms with Crippen molar-refractivity contribution in [3.05, 3.63) is 87.6 Å². The minimum atomic E-state index is -0.734. The van der Waals surface area contributed by atoms with Gasteiger partial charge in [0.2, 0.25) is 5.91 Å². The number of benzene rings is 2. The second kappa shape index (κ2) is 13.3. The molecule has 1 unspecified atom stereocenters. The van der Waals surface area contributed by atoms with Crippen molar-refractivity contribution < 1.29 is 19.8 Å². The van der Waals surface area contributed by atoms with Crippen LogP contribution in [0.3, 0.4) is 0 Å². The average molecular weight is 710 g/mol. The highest BCUT2D eigenvalue weighted by Crippen LogP contribution is 2.41. The summed E-state index contributed by atoms with van der Waals surface area (Å²) < 4.78 is 0. The fourth-order valence-electron chi connectivity index (χ4n) is 7.14. The van der Waals surface area contributed by atoms with Gasteiger partial charge in [0, 0.05) is 60.0 Å². The van der Waals surface area contributed by atoms with E-state index < -0.39 is 5.97 Å². The number of carbonyl (C=O) groups is 2. The van der Waals surface area contributed by atoms with Gasteiger partial charge in [-0.15, -0.1) is 11.3 Å². The molecule has 50 heavy (non-hydrogen) atoms. The highest BCUT2D eigenvalue weighted by Gasteiger charge is 2.32. The number of β-amino-alcohol motifs (C(OH)–C–C–N with tert-alkyl or cyclic N) is 1. The van der Waals surface area contributed by atoms with Crippen LogP contribution in [0.2, 0.25) is 5.02 Å². The normalized spacial score (nSPS) is 18.1. The Labute approximate surface area is 298 Å². The number of rotatable bonds is 9. The minimum absolute atomic E-state index is 0.0685. The number of fused-ring (bicyclic) bond motifs is 2. The van der Waals surface area contributed by atoms with E-state index in [1.54, 1.807) is 17.5 Å². The smallest absolute Gasteiger partial charge is 0.307 e. The van der Waals surface area contributed by atoms with E-state index in [1.807, 2.05) is 46.3 Å². The Hall–Kier alpha value is -4.46. The zero-order valence-corrected chi connectivity index (χ0v) is 29.0. The fourth-order valence-corrected chi connectivity index (χ4v) is 8.58. The van der Waals surface area contributed by atoms with Crippen LogP contribution in [0, 0.1) is 12.8 Å². The van der Waals surface area contributed by atoms with Gasteiger partial charge in [-0.1, -0.05) is 41.9 Å². The SMILES string of the molecule is Cc1c(-c2nc3c(s2)CN(C(=O)CN2CC(O)C2)C3)cccc1-c1cccc(Nc2nccc3cc(CN4CCC(C(=O)O)C4)cnc23)c1Cl. The molecule has 1 atom stereocenters. The molecule has 256 valence electrons. The molecule has 2 aromatic carbocycles. The van der Waals surface area contributed by atoms with Crippen LogP contribution in [-0.4, -0.2) is 90.6 Å². The number of hydrogen-bond acceptors (Lipinski definition) is 10. The van der Waals surface area contributed by atoms with Crippen LogP contribution in [0.5, 0.6) is 0 Å². The summed E-state index contributed by atoms with van der Waals surface area (Å²) in [6.45, 7) is 6.55. The zero-order chi connectivity index (χ0) is 34.5. The van der Waals surface area contributed by atoms with E-state index >= 15 is 0 Å². The number of halogens is 1. The monoisotopic (exact) mass is 709 g/mol. The van der Waals surface area contributed by atoms with Gasteiger partial charge < -0.3 is 20.4 Å². The van der Waals surface area contributed by atoms with Crippen LogP contribution in [0.15, 0.2) is 60.9 Å². The second-order valence-corrected chi connectivity index (χ2v) is 14.9. The Balaban J connectivity index is 0.996. The number of carboxylic acids is 1. The molecule has 0 radical (unpaired) electrons. The summed E-state index contributed by atoms with van der Waals surface area (Å²) in [4.78, 5) is 45.6. The highest BCUT2D eigenvalue weighted by atomic mass is 35.5. The molecular formula is C37H36ClN7O4S. The van der Waals surface area contributed by atoms with Crippen molar-refractivity contribution >= 4 is 57.2 Å². The summed E-state index contributed by atoms with van der Waals surface area (Å²) in [6, 6.07) is 16.1. The summed E-state index contributed by atoms with van der Waals surface area (Å²) in [5.74, 6) is -0.384. The lowest BCUT2D eigenvalue weighted by molar-refractivity contribution is -0.141. The van der Waals surface area contributed by atoms with Gasteiger partial charge in [0.15, 0.2) is 5.82 Å². The van der Waals surface area contributed by atoms with Gasteiger partial charge in [-0.3, -0.25) is 24.4 Å². The van der Waals surface area contributed by atoms with Crippen molar-refractivity contribution in [2.45, 2.75) is 39.1 Å². The van der Waals surface area contributed by atoms with E-state index in [2.05, 4.69) is 40.3 Å². The predicted molar refractivity (Wildman–Crippen MR) is 193 cm³/mol. The van der Waals surface area contributed by atoms with Crippen LogP contribution < -0.4 is 5.32 Å². The van der Waals surface area contributed by atoms with E-state index in [-0.39, 0.29) is 17.9 Å². The van der Waals surface area contributed by atoms with Crippen LogP contribution in [0.25, 0.3) is 32.6 Å². The van der Waals surface area contributed by atoms with E-state index in [9.17, 15) is 19.8 Å². The maximum absolute atomic E-state index is 12.8. The third-order valence-electron chi connectivity index (χ3n) is 9.89. The first-order valence-corrected chi connectivity index (χ1v) is 17.9. The van der Waals surface area contributed by atoms with Crippen molar-refractivity contribution in [1.29, 1.82) is 0 Å². The van der Waals surface area contributed by atoms with E-state index in [0.717, 1.165) is 60.8 Å². The van der Waals surface area contributed by atoms with Gasteiger partial charge in [0.05, 0.1) is 48.1 Å². The Morgan fingerprint density at radius 1 is 1.02 bits per heavy atom. The van der Waals surface area contributed by atoms with Gasteiger partial charge in [-0.05, 0) is 54.8 Å². The van der Waals surface area contributed by atoms with Gasteiger partial charge in [-0.2, -0.15) is 0 Å². The van der Waals surface area contributed by atoms with Crippen LogP contribution in [-0.2, 0) is 29.2 Å². The lowest BCUT2D eigenvalue weighted by Crippen LogP contribution is -2.53. The number of carbonyl (C=O) groups excluding carboxylic acids is 1. The molecular weight excluding hydrogens is 674 g/mol. The van der Waals surface area contributed by atoms with Crippen LogP contribution in [0.1, 0.15) is 28.1 Å². The summed E-state index contributed by atoms with van der Waals surface area (Å²) in [5.41, 5.74) is 7.38. The lowest BCUT2D eigenvalue weighted by atomic mass is 9.96. The number of pyridine rings is 2. The maximum Gasteiger partial charge on any atom is 0.307 e. The quantitative estimate of drug-likeness (QED) is 0.179. The summed E-state index contributed by atoms with van der Waals surface area (Å²) in [5, 5.41) is 24.7. The second-order valence-electron chi connectivity index (χ2n) is 13.4. The van der Waals surface area contributed by atoms with Gasteiger partial charge in [0.25, 0.3) is 0 Å². The molecule has 6 heterocycles. The van der Waals surface area contributed by atoms with Crippen molar-refractivity contribution in [1.82, 2.24) is 29.7 Å². The number of nitrogens with one attached hydrogen (secondary N) is 1. The van der Waals surface area contributed by atoms with Crippen LogP contribution >= 0.6 is 22.9 Å². The molecule has 0 spiro atoms. The first-order chi connectivity index (χ1) is 24.2. The highest BCUT2D eigenvalue weighted by molar-refractivity contribution is 7.15. The zero-order valence-electron chi connectivity index (χ0n) is 27.5. The van der Waals surface area contributed by atoms with Gasteiger partial charge in [-0.25, -0.2) is 9.97 Å². The number of aliphatic hydroxyl groups is 1. The third-order valence-corrected chi connectivity index (χ3v) is 11.4. The summed E-state index contributed by atoms with van der Waals surface area (Å²) in [6.07, 6.45) is 3.92. The molecule has 2 saturated heterocycles. The topological polar surface area (TPSA) is 135 Å². The first kappa shape index (κ1) is 32.7. The van der Waals surface area contributed by atoms with Crippen molar-refractivity contribution in [3.63, 3.8) is 0 Å². The molecule has 2 fully saturated rings. The van der Waals surface area contributed by atoms with Gasteiger partial charge >= 0.3 is 5.97 Å². The minimum Gasteiger partial charge on any atom is -0.481 e. The molecule has 1 amide bonds. The number of aliphatic hydroxyl groups excluding tert-OH is 1. The number of amides is 1. The standard InChI is InChI=1S/C37H36ClN7O4S/c1-21-26(4-2-5-27(21)36-42-30-18-45(19-31(30)50-36)32(47)20-44-16-25(46)17-44)28-6-3-7-29(33(28)38)41-35-34-23(8-10-39-35)12-22(13-40-34)14-43-11-9-24(15-43)37(48)49/h2-8,10,12-13,24-25,46H,9,11,14-20H2,1H3,(H,39,41)(H,48,49). The number of carboxylic acid groups (broad SMARTS) is 1. The maximum atomic E-state index is 12.8. The van der Waals surface area contributed by atoms with E-state index in [0.29, 0.717) is 68.8 Å². The number of hydrogen-bond donors (Lipinski definition) is 3. The molecule has 3 aliphatic heterocycles. The Kier molecular flexibility index (Phi) is 8.74. The fraction of sp³-hybridized carbons (Fsp3) is 0.324. The number of nitrogens with zero attached hydrogens (tertiary/aromatic N) is 6. The van der Waals surface area contributed by atoms with Crippen molar-refractivity contribution in [2.24, 2.45) is 5.92 Å².